The number of fused-ring (bicyclic) bond motifs is 1. The smallest absolute Gasteiger partial charge is 0.241 e. The van der Waals surface area contributed by atoms with E-state index in [0.29, 0.717) is 18.5 Å². The molecule has 1 aliphatic rings. The third kappa shape index (κ3) is 2.93. The first-order valence-corrected chi connectivity index (χ1v) is 6.58. The van der Waals surface area contributed by atoms with Crippen molar-refractivity contribution in [3.63, 3.8) is 0 Å². The van der Waals surface area contributed by atoms with E-state index in [-0.39, 0.29) is 23.3 Å². The first kappa shape index (κ1) is 14.0. The molecule has 1 heterocycles. The minimum Gasteiger partial charge on any atom is -0.322 e. The van der Waals surface area contributed by atoms with Gasteiger partial charge in [0.25, 0.3) is 0 Å². The lowest BCUT2D eigenvalue weighted by Crippen LogP contribution is -2.40. The summed E-state index contributed by atoms with van der Waals surface area (Å²) in [7, 11) is 0. The van der Waals surface area contributed by atoms with Crippen LogP contribution in [0.25, 0.3) is 0 Å². The first-order chi connectivity index (χ1) is 9.00. The van der Waals surface area contributed by atoms with Crippen LogP contribution in [0.1, 0.15) is 25.0 Å². The number of rotatable bonds is 3. The van der Waals surface area contributed by atoms with Gasteiger partial charge in [-0.2, -0.15) is 0 Å². The van der Waals surface area contributed by atoms with Crippen LogP contribution in [0.15, 0.2) is 12.1 Å². The normalized spacial score (nSPS) is 16.1. The molecule has 19 heavy (non-hydrogen) atoms. The van der Waals surface area contributed by atoms with Gasteiger partial charge in [0.2, 0.25) is 5.91 Å². The van der Waals surface area contributed by atoms with Gasteiger partial charge in [-0.3, -0.25) is 4.79 Å². The van der Waals surface area contributed by atoms with Crippen LogP contribution < -0.4 is 16.4 Å². The number of amides is 1. The van der Waals surface area contributed by atoms with Crippen LogP contribution in [0.2, 0.25) is 0 Å². The Hall–Kier alpha value is -1.46. The van der Waals surface area contributed by atoms with Crippen molar-refractivity contribution >= 4 is 11.6 Å². The van der Waals surface area contributed by atoms with Crippen molar-refractivity contribution in [2.24, 2.45) is 11.7 Å². The Balaban J connectivity index is 2.20. The van der Waals surface area contributed by atoms with E-state index < -0.39 is 6.04 Å². The molecule has 0 fully saturated rings. The third-order valence-corrected chi connectivity index (χ3v) is 3.49. The predicted molar refractivity (Wildman–Crippen MR) is 73.3 cm³/mol. The van der Waals surface area contributed by atoms with Crippen molar-refractivity contribution in [3.8, 4) is 0 Å². The summed E-state index contributed by atoms with van der Waals surface area (Å²) in [5, 5.41) is 5.77. The molecule has 0 saturated carbocycles. The Kier molecular flexibility index (Phi) is 4.17. The van der Waals surface area contributed by atoms with Gasteiger partial charge >= 0.3 is 0 Å². The van der Waals surface area contributed by atoms with Crippen molar-refractivity contribution in [1.29, 1.82) is 0 Å². The second kappa shape index (κ2) is 5.67. The third-order valence-electron chi connectivity index (χ3n) is 3.49. The van der Waals surface area contributed by atoms with E-state index in [1.807, 2.05) is 19.9 Å². The highest BCUT2D eigenvalue weighted by atomic mass is 19.1. The number of nitrogens with one attached hydrogen (secondary N) is 2. The molecule has 4 N–H and O–H groups in total. The number of hydrogen-bond acceptors (Lipinski definition) is 3. The summed E-state index contributed by atoms with van der Waals surface area (Å²) in [6.07, 6.45) is 0.640. The number of halogens is 1. The molecule has 0 radical (unpaired) electrons. The lowest BCUT2D eigenvalue weighted by molar-refractivity contribution is -0.118. The Morgan fingerprint density at radius 1 is 1.47 bits per heavy atom. The van der Waals surface area contributed by atoms with Gasteiger partial charge in [-0.1, -0.05) is 19.9 Å². The van der Waals surface area contributed by atoms with Crippen LogP contribution in [0.3, 0.4) is 0 Å². The molecular weight excluding hydrogens is 245 g/mol. The lowest BCUT2D eigenvalue weighted by Gasteiger charge is -2.20. The van der Waals surface area contributed by atoms with Crippen LogP contribution in [-0.2, 0) is 17.8 Å². The van der Waals surface area contributed by atoms with E-state index >= 15 is 0 Å². The molecular formula is C14H20FN3O. The average Bonchev–Trinajstić information content (AvgIpc) is 2.41. The highest BCUT2D eigenvalue weighted by Gasteiger charge is 2.21. The summed E-state index contributed by atoms with van der Waals surface area (Å²) in [5.74, 6) is -0.657. The predicted octanol–water partition coefficient (Wildman–Crippen LogP) is 1.39. The fourth-order valence-electron chi connectivity index (χ4n) is 2.15. The Labute approximate surface area is 112 Å². The molecule has 104 valence electrons. The number of anilines is 1. The van der Waals surface area contributed by atoms with E-state index in [4.69, 9.17) is 5.73 Å². The number of carbonyl (C=O) groups is 1. The summed E-state index contributed by atoms with van der Waals surface area (Å²) in [5.41, 5.74) is 7.62. The zero-order valence-corrected chi connectivity index (χ0v) is 11.3. The van der Waals surface area contributed by atoms with E-state index in [9.17, 15) is 9.18 Å². The highest BCUT2D eigenvalue weighted by Crippen LogP contribution is 2.24. The van der Waals surface area contributed by atoms with Crippen LogP contribution >= 0.6 is 0 Å². The van der Waals surface area contributed by atoms with Gasteiger partial charge in [0.15, 0.2) is 0 Å². The summed E-state index contributed by atoms with van der Waals surface area (Å²) >= 11 is 0. The fraction of sp³-hybridized carbons (Fsp3) is 0.500. The first-order valence-electron chi connectivity index (χ1n) is 6.58. The maximum absolute atomic E-state index is 14.3. The summed E-state index contributed by atoms with van der Waals surface area (Å²) in [4.78, 5) is 11.9. The van der Waals surface area contributed by atoms with Gasteiger partial charge in [-0.25, -0.2) is 4.39 Å². The van der Waals surface area contributed by atoms with E-state index in [2.05, 4.69) is 10.6 Å². The van der Waals surface area contributed by atoms with E-state index in [0.717, 1.165) is 12.1 Å². The molecule has 4 nitrogen and oxygen atoms in total. The van der Waals surface area contributed by atoms with E-state index in [1.54, 1.807) is 6.07 Å². The quantitative estimate of drug-likeness (QED) is 0.773. The van der Waals surface area contributed by atoms with Crippen LogP contribution in [0.5, 0.6) is 0 Å². The zero-order chi connectivity index (χ0) is 14.0. The van der Waals surface area contributed by atoms with Crippen molar-refractivity contribution in [2.45, 2.75) is 32.9 Å². The standard InChI is InChI=1S/C14H20FN3O/c1-8(2)13(16)14(19)18-11-4-3-9-7-17-6-5-10(9)12(11)15/h3-4,8,13,17H,5-7,16H2,1-2H3,(H,18,19). The molecule has 0 saturated heterocycles. The van der Waals surface area contributed by atoms with Gasteiger partial charge in [-0.15, -0.1) is 0 Å². The summed E-state index contributed by atoms with van der Waals surface area (Å²) < 4.78 is 14.3. The molecule has 0 aromatic heterocycles. The molecule has 1 unspecified atom stereocenters. The molecule has 1 aromatic rings. The molecule has 1 aliphatic heterocycles. The van der Waals surface area contributed by atoms with Gasteiger partial charge in [-0.05, 0) is 36.1 Å². The largest absolute Gasteiger partial charge is 0.322 e. The Bertz CT molecular complexity index is 488. The Morgan fingerprint density at radius 2 is 2.21 bits per heavy atom. The van der Waals surface area contributed by atoms with Crippen molar-refractivity contribution in [3.05, 3.63) is 29.1 Å². The minimum absolute atomic E-state index is 0.0184. The maximum atomic E-state index is 14.3. The van der Waals surface area contributed by atoms with Crippen molar-refractivity contribution < 1.29 is 9.18 Å². The SMILES string of the molecule is CC(C)C(N)C(=O)Nc1ccc2c(c1F)CCNC2. The zero-order valence-electron chi connectivity index (χ0n) is 11.3. The van der Waals surface area contributed by atoms with Crippen molar-refractivity contribution in [1.82, 2.24) is 5.32 Å². The molecule has 1 amide bonds. The van der Waals surface area contributed by atoms with Gasteiger partial charge in [0.05, 0.1) is 11.7 Å². The van der Waals surface area contributed by atoms with Gasteiger partial charge < -0.3 is 16.4 Å². The topological polar surface area (TPSA) is 67.2 Å². The highest BCUT2D eigenvalue weighted by molar-refractivity contribution is 5.95. The number of nitrogens with two attached hydrogens (primary N) is 1. The van der Waals surface area contributed by atoms with Gasteiger partial charge in [0.1, 0.15) is 5.82 Å². The van der Waals surface area contributed by atoms with Gasteiger partial charge in [0, 0.05) is 6.54 Å². The second-order valence-corrected chi connectivity index (χ2v) is 5.25. The number of hydrogen-bond donors (Lipinski definition) is 3. The number of benzene rings is 1. The van der Waals surface area contributed by atoms with Crippen molar-refractivity contribution in [2.75, 3.05) is 11.9 Å². The van der Waals surface area contributed by atoms with Crippen LogP contribution in [0, 0.1) is 11.7 Å². The summed E-state index contributed by atoms with van der Waals surface area (Å²) in [6, 6.07) is 2.82. The maximum Gasteiger partial charge on any atom is 0.241 e. The Morgan fingerprint density at radius 3 is 2.89 bits per heavy atom. The molecule has 1 atom stereocenters. The molecule has 1 aromatic carbocycles. The molecule has 0 bridgehead atoms. The second-order valence-electron chi connectivity index (χ2n) is 5.25. The number of carbonyl (C=O) groups excluding carboxylic acids is 1. The molecule has 0 spiro atoms. The average molecular weight is 265 g/mol. The summed E-state index contributed by atoms with van der Waals surface area (Å²) in [6.45, 7) is 5.15. The minimum atomic E-state index is -0.628. The van der Waals surface area contributed by atoms with E-state index in [1.165, 1.54) is 0 Å². The molecule has 5 heteroatoms. The van der Waals surface area contributed by atoms with Crippen LogP contribution in [-0.4, -0.2) is 18.5 Å². The fourth-order valence-corrected chi connectivity index (χ4v) is 2.15. The molecule has 0 aliphatic carbocycles. The molecule has 2 rings (SSSR count). The lowest BCUT2D eigenvalue weighted by atomic mass is 9.99. The van der Waals surface area contributed by atoms with Crippen LogP contribution in [0.4, 0.5) is 10.1 Å². The monoisotopic (exact) mass is 265 g/mol.